The minimum Gasteiger partial charge on any atom is -0.477 e. The van der Waals surface area contributed by atoms with Crippen LogP contribution in [0.1, 0.15) is 52.2 Å². The predicted octanol–water partition coefficient (Wildman–Crippen LogP) is 2.60. The Balaban J connectivity index is 1.89. The first-order valence-corrected chi connectivity index (χ1v) is 11.8. The second-order valence-electron chi connectivity index (χ2n) is 10.2. The molecule has 0 radical (unpaired) electrons. The lowest BCUT2D eigenvalue weighted by atomic mass is 9.80. The zero-order valence-corrected chi connectivity index (χ0v) is 20.6. The summed E-state index contributed by atoms with van der Waals surface area (Å²) in [6, 6.07) is 5.32. The van der Waals surface area contributed by atoms with E-state index in [9.17, 15) is 24.8 Å². The third-order valence-corrected chi connectivity index (χ3v) is 6.45. The standard InChI is InChI=1S/C24H35N3O8/c1-15(2)11-19(25-14-26-21(28)16-9-10-33-12-16)24(22(29)30)34-13-23(3,4)20(35-24)17-7-5-6-8-18(17)27(31)32/h5-8,15-16,19-20,25H,9-14H2,1-4H3,(H,26,28)(H,29,30)/t16-,19+,20?,24?/m1/s1. The van der Waals surface area contributed by atoms with Crippen molar-refractivity contribution in [1.82, 2.24) is 10.6 Å². The van der Waals surface area contributed by atoms with Crippen LogP contribution >= 0.6 is 0 Å². The maximum absolute atomic E-state index is 12.7. The molecule has 11 nitrogen and oxygen atoms in total. The lowest BCUT2D eigenvalue weighted by Crippen LogP contribution is -2.65. The maximum Gasteiger partial charge on any atom is 0.366 e. The van der Waals surface area contributed by atoms with E-state index >= 15 is 0 Å². The largest absolute Gasteiger partial charge is 0.477 e. The number of para-hydroxylation sites is 1. The first-order valence-electron chi connectivity index (χ1n) is 11.8. The highest BCUT2D eigenvalue weighted by Gasteiger charge is 2.57. The number of carbonyl (C=O) groups is 2. The number of carboxylic acids is 1. The fourth-order valence-electron chi connectivity index (χ4n) is 4.53. The van der Waals surface area contributed by atoms with Crippen molar-refractivity contribution < 1.29 is 33.8 Å². The highest BCUT2D eigenvalue weighted by atomic mass is 16.7. The van der Waals surface area contributed by atoms with Gasteiger partial charge in [0.25, 0.3) is 11.5 Å². The molecule has 0 spiro atoms. The fourth-order valence-corrected chi connectivity index (χ4v) is 4.53. The van der Waals surface area contributed by atoms with E-state index in [-0.39, 0.29) is 42.3 Å². The maximum atomic E-state index is 12.7. The van der Waals surface area contributed by atoms with Gasteiger partial charge in [0.1, 0.15) is 6.10 Å². The Morgan fingerprint density at radius 2 is 2.00 bits per heavy atom. The Bertz CT molecular complexity index is 931. The number of nitro benzene ring substituents is 1. The molecule has 0 bridgehead atoms. The van der Waals surface area contributed by atoms with Crippen LogP contribution in [0.3, 0.4) is 0 Å². The van der Waals surface area contributed by atoms with Gasteiger partial charge in [0.05, 0.1) is 42.3 Å². The van der Waals surface area contributed by atoms with E-state index in [1.54, 1.807) is 18.2 Å². The molecule has 4 atom stereocenters. The van der Waals surface area contributed by atoms with E-state index in [1.165, 1.54) is 6.07 Å². The van der Waals surface area contributed by atoms with Crippen molar-refractivity contribution >= 4 is 17.6 Å². The molecule has 2 unspecified atom stereocenters. The van der Waals surface area contributed by atoms with Gasteiger partial charge < -0.3 is 24.6 Å². The number of nitrogens with zero attached hydrogens (tertiary/aromatic N) is 1. The third kappa shape index (κ3) is 5.97. The number of aliphatic carboxylic acids is 1. The first-order chi connectivity index (χ1) is 16.5. The van der Waals surface area contributed by atoms with Gasteiger partial charge in [-0.25, -0.2) is 4.79 Å². The Labute approximate surface area is 204 Å². The Kier molecular flexibility index (Phi) is 8.47. The van der Waals surface area contributed by atoms with Gasteiger partial charge >= 0.3 is 5.97 Å². The molecule has 35 heavy (non-hydrogen) atoms. The summed E-state index contributed by atoms with van der Waals surface area (Å²) >= 11 is 0. The topological polar surface area (TPSA) is 149 Å². The van der Waals surface area contributed by atoms with Crippen LogP contribution in [-0.4, -0.2) is 60.2 Å². The summed E-state index contributed by atoms with van der Waals surface area (Å²) in [4.78, 5) is 36.3. The first kappa shape index (κ1) is 27.0. The Morgan fingerprint density at radius 3 is 2.60 bits per heavy atom. The number of rotatable bonds is 10. The molecule has 2 aliphatic rings. The van der Waals surface area contributed by atoms with Crippen molar-refractivity contribution in [3.05, 3.63) is 39.9 Å². The van der Waals surface area contributed by atoms with E-state index in [1.807, 2.05) is 27.7 Å². The molecule has 2 fully saturated rings. The molecule has 11 heteroatoms. The molecule has 2 saturated heterocycles. The summed E-state index contributed by atoms with van der Waals surface area (Å²) in [7, 11) is 0. The molecule has 1 amide bonds. The van der Waals surface area contributed by atoms with E-state index in [0.717, 1.165) is 0 Å². The summed E-state index contributed by atoms with van der Waals surface area (Å²) in [6.45, 7) is 8.40. The van der Waals surface area contributed by atoms with E-state index < -0.39 is 34.2 Å². The highest BCUT2D eigenvalue weighted by molar-refractivity contribution is 5.79. The fraction of sp³-hybridized carbons (Fsp3) is 0.667. The zero-order chi connectivity index (χ0) is 25.8. The minimum atomic E-state index is -2.12. The molecule has 3 rings (SSSR count). The quantitative estimate of drug-likeness (QED) is 0.254. The molecule has 0 aromatic heterocycles. The number of hydrogen-bond acceptors (Lipinski definition) is 8. The number of nitro groups is 1. The number of hydrogen-bond donors (Lipinski definition) is 3. The van der Waals surface area contributed by atoms with Gasteiger partial charge in [0.2, 0.25) is 5.91 Å². The van der Waals surface area contributed by atoms with Crippen LogP contribution < -0.4 is 10.6 Å². The highest BCUT2D eigenvalue weighted by Crippen LogP contribution is 2.48. The van der Waals surface area contributed by atoms with Gasteiger partial charge in [-0.2, -0.15) is 0 Å². The smallest absolute Gasteiger partial charge is 0.366 e. The number of nitrogens with one attached hydrogen (secondary N) is 2. The number of benzene rings is 1. The number of carbonyl (C=O) groups excluding carboxylic acids is 1. The average Bonchev–Trinajstić information content (AvgIpc) is 3.33. The molecule has 194 valence electrons. The van der Waals surface area contributed by atoms with Crippen molar-refractivity contribution in [2.24, 2.45) is 17.3 Å². The van der Waals surface area contributed by atoms with Crippen LogP contribution in [0.5, 0.6) is 0 Å². The molecule has 2 aliphatic heterocycles. The van der Waals surface area contributed by atoms with Gasteiger partial charge in [-0.05, 0) is 24.8 Å². The van der Waals surface area contributed by atoms with Crippen LogP contribution in [0, 0.1) is 27.4 Å². The second kappa shape index (κ2) is 11.0. The van der Waals surface area contributed by atoms with Crippen molar-refractivity contribution in [3.8, 4) is 0 Å². The lowest BCUT2D eigenvalue weighted by molar-refractivity contribution is -0.389. The van der Waals surface area contributed by atoms with Crippen LogP contribution in [0.15, 0.2) is 24.3 Å². The monoisotopic (exact) mass is 493 g/mol. The lowest BCUT2D eigenvalue weighted by Gasteiger charge is -2.49. The normalized spacial score (nSPS) is 26.9. The van der Waals surface area contributed by atoms with E-state index in [4.69, 9.17) is 14.2 Å². The van der Waals surface area contributed by atoms with E-state index in [0.29, 0.717) is 26.1 Å². The summed E-state index contributed by atoms with van der Waals surface area (Å²) in [5.74, 6) is -3.80. The molecule has 0 aliphatic carbocycles. The van der Waals surface area contributed by atoms with Gasteiger partial charge in [-0.3, -0.25) is 20.2 Å². The number of ether oxygens (including phenoxy) is 3. The van der Waals surface area contributed by atoms with Crippen LogP contribution in [0.25, 0.3) is 0 Å². The molecular formula is C24H35N3O8. The second-order valence-corrected chi connectivity index (χ2v) is 10.2. The summed E-state index contributed by atoms with van der Waals surface area (Å²) < 4.78 is 17.4. The number of carboxylic acid groups (broad SMARTS) is 1. The molecule has 3 N–H and O–H groups in total. The third-order valence-electron chi connectivity index (χ3n) is 6.45. The number of amides is 1. The molecular weight excluding hydrogens is 458 g/mol. The van der Waals surface area contributed by atoms with Crippen molar-refractivity contribution in [2.75, 3.05) is 26.5 Å². The van der Waals surface area contributed by atoms with Gasteiger partial charge in [0.15, 0.2) is 0 Å². The average molecular weight is 494 g/mol. The predicted molar refractivity (Wildman–Crippen MR) is 125 cm³/mol. The Morgan fingerprint density at radius 1 is 1.29 bits per heavy atom. The van der Waals surface area contributed by atoms with E-state index in [2.05, 4.69) is 10.6 Å². The van der Waals surface area contributed by atoms with Crippen LogP contribution in [0.4, 0.5) is 5.69 Å². The molecule has 0 saturated carbocycles. The zero-order valence-electron chi connectivity index (χ0n) is 20.6. The minimum absolute atomic E-state index is 0.00192. The van der Waals surface area contributed by atoms with Gasteiger partial charge in [-0.1, -0.05) is 39.8 Å². The van der Waals surface area contributed by atoms with Crippen molar-refractivity contribution in [3.63, 3.8) is 0 Å². The summed E-state index contributed by atoms with van der Waals surface area (Å²) in [5.41, 5.74) is -0.607. The molecule has 2 heterocycles. The van der Waals surface area contributed by atoms with Crippen molar-refractivity contribution in [1.29, 1.82) is 0 Å². The van der Waals surface area contributed by atoms with Gasteiger partial charge in [-0.15, -0.1) is 0 Å². The van der Waals surface area contributed by atoms with Crippen molar-refractivity contribution in [2.45, 2.75) is 58.5 Å². The van der Waals surface area contributed by atoms with Crippen LogP contribution in [0.2, 0.25) is 0 Å². The summed E-state index contributed by atoms with van der Waals surface area (Å²) in [5, 5.41) is 27.9. The summed E-state index contributed by atoms with van der Waals surface area (Å²) in [6.07, 6.45) is 0.0772. The molecule has 1 aromatic carbocycles. The van der Waals surface area contributed by atoms with Gasteiger partial charge in [0, 0.05) is 18.1 Å². The SMILES string of the molecule is CC(C)C[C@H](NCNC(=O)[C@@H]1CCOC1)C1(C(=O)O)OCC(C)(C)C(c2ccccc2[N+](=O)[O-])O1. The molecule has 1 aromatic rings. The van der Waals surface area contributed by atoms with Crippen LogP contribution in [-0.2, 0) is 23.8 Å². The Hall–Kier alpha value is -2.60.